The zero-order valence-corrected chi connectivity index (χ0v) is 9.59. The summed E-state index contributed by atoms with van der Waals surface area (Å²) in [6.45, 7) is 5.94. The van der Waals surface area contributed by atoms with Gasteiger partial charge in [0.25, 0.3) is 0 Å². The molecular formula is C11H17ClN2. The van der Waals surface area contributed by atoms with Gasteiger partial charge in [-0.2, -0.15) is 0 Å². The number of hydrogen-bond acceptors (Lipinski definition) is 1. The van der Waals surface area contributed by atoms with Crippen molar-refractivity contribution in [2.45, 2.75) is 19.8 Å². The van der Waals surface area contributed by atoms with E-state index in [9.17, 15) is 0 Å². The summed E-state index contributed by atoms with van der Waals surface area (Å²) in [6.07, 6.45) is 7.65. The van der Waals surface area contributed by atoms with Crippen LogP contribution in [0.1, 0.15) is 19.2 Å². The summed E-state index contributed by atoms with van der Waals surface area (Å²) in [7, 11) is 2.01. The molecule has 0 saturated heterocycles. The Morgan fingerprint density at radius 2 is 2.43 bits per heavy atom. The van der Waals surface area contributed by atoms with Crippen molar-refractivity contribution < 1.29 is 0 Å². The van der Waals surface area contributed by atoms with Crippen LogP contribution in [0.25, 0.3) is 0 Å². The first-order chi connectivity index (χ1) is 6.61. The summed E-state index contributed by atoms with van der Waals surface area (Å²) < 4.78 is 2.04. The maximum absolute atomic E-state index is 5.89. The van der Waals surface area contributed by atoms with E-state index in [1.807, 2.05) is 30.1 Å². The van der Waals surface area contributed by atoms with Crippen molar-refractivity contribution in [1.29, 1.82) is 0 Å². The van der Waals surface area contributed by atoms with E-state index in [-0.39, 0.29) is 5.41 Å². The van der Waals surface area contributed by atoms with Gasteiger partial charge in [-0.3, -0.25) is 0 Å². The first-order valence-corrected chi connectivity index (χ1v) is 5.30. The second kappa shape index (κ2) is 4.65. The SMILES string of the molecule is C=CC(C)(CCl)CCc1nccn1C. The van der Waals surface area contributed by atoms with Crippen LogP contribution in [0.2, 0.25) is 0 Å². The van der Waals surface area contributed by atoms with E-state index in [1.54, 1.807) is 0 Å². The molecule has 14 heavy (non-hydrogen) atoms. The Labute approximate surface area is 90.6 Å². The second-order valence-corrected chi connectivity index (χ2v) is 4.21. The summed E-state index contributed by atoms with van der Waals surface area (Å²) >= 11 is 5.89. The van der Waals surface area contributed by atoms with Crippen LogP contribution in [0.3, 0.4) is 0 Å². The lowest BCUT2D eigenvalue weighted by molar-refractivity contribution is 0.437. The van der Waals surface area contributed by atoms with Gasteiger partial charge in [0.15, 0.2) is 0 Å². The van der Waals surface area contributed by atoms with E-state index in [1.165, 1.54) is 0 Å². The standard InChI is InChI=1S/C11H17ClN2/c1-4-11(2,9-12)6-5-10-13-7-8-14(10)3/h4,7-8H,1,5-6,9H2,2-3H3. The number of aryl methyl sites for hydroxylation is 2. The summed E-state index contributed by atoms with van der Waals surface area (Å²) in [5, 5.41) is 0. The van der Waals surface area contributed by atoms with Gasteiger partial charge in [0.1, 0.15) is 5.82 Å². The Hall–Kier alpha value is -0.760. The van der Waals surface area contributed by atoms with Crippen molar-refractivity contribution in [3.8, 4) is 0 Å². The van der Waals surface area contributed by atoms with Gasteiger partial charge in [-0.25, -0.2) is 4.98 Å². The molecule has 1 unspecified atom stereocenters. The van der Waals surface area contributed by atoms with E-state index in [2.05, 4.69) is 18.5 Å². The molecular weight excluding hydrogens is 196 g/mol. The molecule has 2 nitrogen and oxygen atoms in total. The summed E-state index contributed by atoms with van der Waals surface area (Å²) in [5.74, 6) is 1.71. The van der Waals surface area contributed by atoms with Crippen LogP contribution in [-0.4, -0.2) is 15.4 Å². The van der Waals surface area contributed by atoms with Crippen molar-refractivity contribution in [2.24, 2.45) is 12.5 Å². The largest absolute Gasteiger partial charge is 0.338 e. The minimum absolute atomic E-state index is 0.0213. The molecule has 0 fully saturated rings. The van der Waals surface area contributed by atoms with Gasteiger partial charge in [0.05, 0.1) is 0 Å². The third-order valence-corrected chi connectivity index (χ3v) is 3.25. The Bertz CT molecular complexity index is 306. The topological polar surface area (TPSA) is 17.8 Å². The summed E-state index contributed by atoms with van der Waals surface area (Å²) in [6, 6.07) is 0. The van der Waals surface area contributed by atoms with Gasteiger partial charge < -0.3 is 4.57 Å². The molecule has 0 aromatic carbocycles. The van der Waals surface area contributed by atoms with Crippen LogP contribution >= 0.6 is 11.6 Å². The van der Waals surface area contributed by atoms with Crippen LogP contribution in [0.5, 0.6) is 0 Å². The fraction of sp³-hybridized carbons (Fsp3) is 0.545. The number of aromatic nitrogens is 2. The predicted molar refractivity (Wildman–Crippen MR) is 60.6 cm³/mol. The molecule has 0 bridgehead atoms. The molecule has 0 aliphatic carbocycles. The number of rotatable bonds is 5. The normalized spacial score (nSPS) is 15.1. The van der Waals surface area contributed by atoms with Crippen LogP contribution in [0, 0.1) is 5.41 Å². The first kappa shape index (κ1) is 11.3. The quantitative estimate of drug-likeness (QED) is 0.542. The third-order valence-electron chi connectivity index (χ3n) is 2.64. The van der Waals surface area contributed by atoms with Crippen molar-refractivity contribution in [3.05, 3.63) is 30.9 Å². The van der Waals surface area contributed by atoms with Gasteiger partial charge in [0, 0.05) is 31.7 Å². The lowest BCUT2D eigenvalue weighted by atomic mass is 9.88. The second-order valence-electron chi connectivity index (χ2n) is 3.95. The van der Waals surface area contributed by atoms with E-state index in [0.717, 1.165) is 18.7 Å². The molecule has 0 spiro atoms. The average Bonchev–Trinajstić information content (AvgIpc) is 2.61. The first-order valence-electron chi connectivity index (χ1n) is 4.77. The van der Waals surface area contributed by atoms with Crippen LogP contribution in [0.4, 0.5) is 0 Å². The van der Waals surface area contributed by atoms with Gasteiger partial charge in [-0.1, -0.05) is 13.0 Å². The van der Waals surface area contributed by atoms with Crippen molar-refractivity contribution in [3.63, 3.8) is 0 Å². The number of halogens is 1. The minimum Gasteiger partial charge on any atom is -0.338 e. The van der Waals surface area contributed by atoms with Crippen LogP contribution < -0.4 is 0 Å². The van der Waals surface area contributed by atoms with Gasteiger partial charge >= 0.3 is 0 Å². The highest BCUT2D eigenvalue weighted by Crippen LogP contribution is 2.25. The van der Waals surface area contributed by atoms with Crippen LogP contribution in [-0.2, 0) is 13.5 Å². The minimum atomic E-state index is 0.0213. The summed E-state index contributed by atoms with van der Waals surface area (Å²) in [5.41, 5.74) is 0.0213. The highest BCUT2D eigenvalue weighted by atomic mass is 35.5. The molecule has 1 atom stereocenters. The average molecular weight is 213 g/mol. The molecule has 0 aliphatic rings. The molecule has 0 radical (unpaired) electrons. The fourth-order valence-electron chi connectivity index (χ4n) is 1.26. The highest BCUT2D eigenvalue weighted by Gasteiger charge is 2.19. The lowest BCUT2D eigenvalue weighted by Gasteiger charge is -2.22. The zero-order valence-electron chi connectivity index (χ0n) is 8.83. The summed E-state index contributed by atoms with van der Waals surface area (Å²) in [4.78, 5) is 4.27. The molecule has 0 amide bonds. The van der Waals surface area contributed by atoms with E-state index >= 15 is 0 Å². The highest BCUT2D eigenvalue weighted by molar-refractivity contribution is 6.18. The van der Waals surface area contributed by atoms with Crippen LogP contribution in [0.15, 0.2) is 25.0 Å². The molecule has 1 heterocycles. The third kappa shape index (κ3) is 2.61. The number of imidazole rings is 1. The Balaban J connectivity index is 2.56. The monoisotopic (exact) mass is 212 g/mol. The lowest BCUT2D eigenvalue weighted by Crippen LogP contribution is -2.16. The molecule has 1 rings (SSSR count). The van der Waals surface area contributed by atoms with Gasteiger partial charge in [-0.15, -0.1) is 18.2 Å². The Kier molecular flexibility index (Phi) is 3.76. The van der Waals surface area contributed by atoms with E-state index in [4.69, 9.17) is 11.6 Å². The smallest absolute Gasteiger partial charge is 0.108 e. The van der Waals surface area contributed by atoms with Crippen molar-refractivity contribution in [2.75, 3.05) is 5.88 Å². The molecule has 1 aromatic heterocycles. The molecule has 1 aromatic rings. The number of nitrogens with zero attached hydrogens (tertiary/aromatic N) is 2. The molecule has 0 saturated carbocycles. The maximum atomic E-state index is 5.89. The molecule has 3 heteroatoms. The number of hydrogen-bond donors (Lipinski definition) is 0. The molecule has 0 aliphatic heterocycles. The maximum Gasteiger partial charge on any atom is 0.108 e. The fourth-order valence-corrected chi connectivity index (χ4v) is 1.50. The number of alkyl halides is 1. The Morgan fingerprint density at radius 1 is 1.71 bits per heavy atom. The number of allylic oxidation sites excluding steroid dienone is 1. The van der Waals surface area contributed by atoms with E-state index < -0.39 is 0 Å². The zero-order chi connectivity index (χ0) is 10.6. The predicted octanol–water partition coefficient (Wildman–Crippen LogP) is 2.78. The van der Waals surface area contributed by atoms with E-state index in [0.29, 0.717) is 5.88 Å². The van der Waals surface area contributed by atoms with Crippen molar-refractivity contribution in [1.82, 2.24) is 9.55 Å². The van der Waals surface area contributed by atoms with Gasteiger partial charge in [-0.05, 0) is 11.8 Å². The van der Waals surface area contributed by atoms with Crippen molar-refractivity contribution >= 4 is 11.6 Å². The molecule has 0 N–H and O–H groups in total. The van der Waals surface area contributed by atoms with Gasteiger partial charge in [0.2, 0.25) is 0 Å². The Morgan fingerprint density at radius 3 is 2.86 bits per heavy atom. The molecule has 78 valence electrons.